The predicted octanol–water partition coefficient (Wildman–Crippen LogP) is 4.18. The molecule has 0 aromatic heterocycles. The van der Waals surface area contributed by atoms with Crippen molar-refractivity contribution in [2.75, 3.05) is 0 Å². The molecular weight excluding hydrogens is 347 g/mol. The van der Waals surface area contributed by atoms with Crippen molar-refractivity contribution in [1.29, 1.82) is 0 Å². The largest absolute Gasteiger partial charge is 0.271 e. The van der Waals surface area contributed by atoms with Crippen LogP contribution in [0.15, 0.2) is 18.2 Å². The highest BCUT2D eigenvalue weighted by molar-refractivity contribution is 14.1. The summed E-state index contributed by atoms with van der Waals surface area (Å²) >= 11 is 2.45. The van der Waals surface area contributed by atoms with Crippen molar-refractivity contribution in [3.63, 3.8) is 0 Å². The molecule has 106 valence electrons. The van der Waals surface area contributed by atoms with Crippen molar-refractivity contribution < 1.29 is 0 Å². The first-order valence-electron chi connectivity index (χ1n) is 7.24. The number of nitrogens with two attached hydrogens (primary N) is 1. The van der Waals surface area contributed by atoms with Crippen LogP contribution < -0.4 is 11.3 Å². The summed E-state index contributed by atoms with van der Waals surface area (Å²) in [6.07, 6.45) is 3.92. The standard InChI is InChI=1S/C16H25IN2/c1-10-7-11(2)9-13(8-10)16(19-18)14-6-4-5-12(3)15(14)17/h4-6,10-11,13,16,19H,7-9,18H2,1-3H3. The minimum atomic E-state index is 0.289. The van der Waals surface area contributed by atoms with Gasteiger partial charge >= 0.3 is 0 Å². The second-order valence-corrected chi connectivity index (χ2v) is 7.38. The molecule has 3 atom stereocenters. The van der Waals surface area contributed by atoms with E-state index < -0.39 is 0 Å². The summed E-state index contributed by atoms with van der Waals surface area (Å²) in [4.78, 5) is 0. The van der Waals surface area contributed by atoms with Crippen LogP contribution in [-0.2, 0) is 0 Å². The maximum Gasteiger partial charge on any atom is 0.0498 e. The first kappa shape index (κ1) is 15.3. The van der Waals surface area contributed by atoms with Crippen molar-refractivity contribution in [1.82, 2.24) is 5.43 Å². The maximum absolute atomic E-state index is 5.89. The molecule has 19 heavy (non-hydrogen) atoms. The van der Waals surface area contributed by atoms with Gasteiger partial charge in [0.2, 0.25) is 0 Å². The number of hydrogen-bond acceptors (Lipinski definition) is 2. The topological polar surface area (TPSA) is 38.0 Å². The van der Waals surface area contributed by atoms with Crippen molar-refractivity contribution in [3.8, 4) is 0 Å². The quantitative estimate of drug-likeness (QED) is 0.475. The Morgan fingerprint density at radius 2 is 1.84 bits per heavy atom. The Labute approximate surface area is 130 Å². The number of rotatable bonds is 3. The molecule has 0 saturated heterocycles. The molecule has 2 nitrogen and oxygen atoms in total. The highest BCUT2D eigenvalue weighted by Gasteiger charge is 2.31. The monoisotopic (exact) mass is 372 g/mol. The molecule has 0 amide bonds. The van der Waals surface area contributed by atoms with Gasteiger partial charge in [-0.3, -0.25) is 11.3 Å². The second-order valence-electron chi connectivity index (χ2n) is 6.30. The Hall–Kier alpha value is -0.130. The molecule has 1 aromatic carbocycles. The highest BCUT2D eigenvalue weighted by Crippen LogP contribution is 2.40. The van der Waals surface area contributed by atoms with Gasteiger partial charge in [-0.2, -0.15) is 0 Å². The van der Waals surface area contributed by atoms with E-state index in [1.165, 1.54) is 34.0 Å². The zero-order valence-corrected chi connectivity index (χ0v) is 14.3. The molecule has 1 aromatic rings. The summed E-state index contributed by atoms with van der Waals surface area (Å²) in [5.74, 6) is 8.17. The van der Waals surface area contributed by atoms with Crippen LogP contribution in [0.4, 0.5) is 0 Å². The van der Waals surface area contributed by atoms with Crippen LogP contribution in [0.25, 0.3) is 0 Å². The van der Waals surface area contributed by atoms with Crippen LogP contribution >= 0.6 is 22.6 Å². The van der Waals surface area contributed by atoms with Gasteiger partial charge in [-0.25, -0.2) is 0 Å². The molecule has 3 N–H and O–H groups in total. The van der Waals surface area contributed by atoms with E-state index in [4.69, 9.17) is 5.84 Å². The van der Waals surface area contributed by atoms with Gasteiger partial charge < -0.3 is 0 Å². The van der Waals surface area contributed by atoms with Crippen molar-refractivity contribution in [2.45, 2.75) is 46.1 Å². The van der Waals surface area contributed by atoms with E-state index >= 15 is 0 Å². The lowest BCUT2D eigenvalue weighted by molar-refractivity contribution is 0.176. The van der Waals surface area contributed by atoms with Gasteiger partial charge in [0.15, 0.2) is 0 Å². The fourth-order valence-electron chi connectivity index (χ4n) is 3.67. The van der Waals surface area contributed by atoms with Gasteiger partial charge in [-0.15, -0.1) is 0 Å². The number of halogens is 1. The van der Waals surface area contributed by atoms with E-state index in [1.807, 2.05) is 0 Å². The van der Waals surface area contributed by atoms with E-state index in [9.17, 15) is 0 Å². The summed E-state index contributed by atoms with van der Waals surface area (Å²) in [5.41, 5.74) is 5.81. The van der Waals surface area contributed by atoms with Crippen LogP contribution in [0, 0.1) is 28.2 Å². The normalized spacial score (nSPS) is 29.2. The average molecular weight is 372 g/mol. The molecule has 0 bridgehead atoms. The molecule has 1 aliphatic carbocycles. The molecule has 1 saturated carbocycles. The fraction of sp³-hybridized carbons (Fsp3) is 0.625. The zero-order valence-electron chi connectivity index (χ0n) is 12.1. The molecule has 3 unspecified atom stereocenters. The Kier molecular flexibility index (Phi) is 5.26. The van der Waals surface area contributed by atoms with Gasteiger partial charge in [0, 0.05) is 9.61 Å². The number of aryl methyl sites for hydroxylation is 1. The third-order valence-electron chi connectivity index (χ3n) is 4.42. The molecule has 1 fully saturated rings. The van der Waals surface area contributed by atoms with Crippen LogP contribution in [0.3, 0.4) is 0 Å². The second kappa shape index (κ2) is 6.55. The van der Waals surface area contributed by atoms with Gasteiger partial charge in [0.25, 0.3) is 0 Å². The molecule has 0 aliphatic heterocycles. The lowest BCUT2D eigenvalue weighted by Crippen LogP contribution is -2.37. The van der Waals surface area contributed by atoms with E-state index in [0.29, 0.717) is 5.92 Å². The number of hydrazine groups is 1. The summed E-state index contributed by atoms with van der Waals surface area (Å²) in [6, 6.07) is 6.83. The zero-order chi connectivity index (χ0) is 14.0. The van der Waals surface area contributed by atoms with Crippen LogP contribution in [0.5, 0.6) is 0 Å². The van der Waals surface area contributed by atoms with Crippen LogP contribution in [0.2, 0.25) is 0 Å². The SMILES string of the molecule is Cc1cccc(C(NN)C2CC(C)CC(C)C2)c1I. The lowest BCUT2D eigenvalue weighted by atomic mass is 9.72. The van der Waals surface area contributed by atoms with Gasteiger partial charge in [-0.05, 0) is 77.7 Å². The Balaban J connectivity index is 2.26. The highest BCUT2D eigenvalue weighted by atomic mass is 127. The summed E-state index contributed by atoms with van der Waals surface area (Å²) in [7, 11) is 0. The third kappa shape index (κ3) is 3.50. The molecule has 1 aliphatic rings. The number of benzene rings is 1. The van der Waals surface area contributed by atoms with E-state index in [0.717, 1.165) is 11.8 Å². The first-order chi connectivity index (χ1) is 9.02. The van der Waals surface area contributed by atoms with Gasteiger partial charge in [0.1, 0.15) is 0 Å². The Morgan fingerprint density at radius 1 is 1.21 bits per heavy atom. The van der Waals surface area contributed by atoms with E-state index in [-0.39, 0.29) is 6.04 Å². The Morgan fingerprint density at radius 3 is 2.42 bits per heavy atom. The van der Waals surface area contributed by atoms with Crippen molar-refractivity contribution in [3.05, 3.63) is 32.9 Å². The van der Waals surface area contributed by atoms with Crippen LogP contribution in [0.1, 0.15) is 50.3 Å². The van der Waals surface area contributed by atoms with Crippen molar-refractivity contribution >= 4 is 22.6 Å². The summed E-state index contributed by atoms with van der Waals surface area (Å²) < 4.78 is 1.36. The van der Waals surface area contributed by atoms with E-state index in [1.54, 1.807) is 0 Å². The molecule has 2 rings (SSSR count). The smallest absolute Gasteiger partial charge is 0.0498 e. The van der Waals surface area contributed by atoms with Gasteiger partial charge in [-0.1, -0.05) is 32.0 Å². The first-order valence-corrected chi connectivity index (χ1v) is 8.32. The molecule has 0 spiro atoms. The number of hydrogen-bond donors (Lipinski definition) is 2. The summed E-state index contributed by atoms with van der Waals surface area (Å²) in [5, 5.41) is 0. The molecule has 3 heteroatoms. The van der Waals surface area contributed by atoms with E-state index in [2.05, 4.69) is 67.0 Å². The summed E-state index contributed by atoms with van der Waals surface area (Å²) in [6.45, 7) is 6.92. The molecule has 0 radical (unpaired) electrons. The van der Waals surface area contributed by atoms with Crippen molar-refractivity contribution in [2.24, 2.45) is 23.6 Å². The van der Waals surface area contributed by atoms with Gasteiger partial charge in [0.05, 0.1) is 0 Å². The fourth-order valence-corrected chi connectivity index (χ4v) is 4.37. The minimum Gasteiger partial charge on any atom is -0.271 e. The molecule has 0 heterocycles. The maximum atomic E-state index is 5.89. The molecular formula is C16H25IN2. The number of nitrogens with one attached hydrogen (secondary N) is 1. The third-order valence-corrected chi connectivity index (χ3v) is 5.90. The lowest BCUT2D eigenvalue weighted by Gasteiger charge is -2.37. The average Bonchev–Trinajstić information content (AvgIpc) is 2.34. The predicted molar refractivity (Wildman–Crippen MR) is 89.6 cm³/mol. The van der Waals surface area contributed by atoms with Crippen LogP contribution in [-0.4, -0.2) is 0 Å². The Bertz CT molecular complexity index is 423. The minimum absolute atomic E-state index is 0.289.